The van der Waals surface area contributed by atoms with Crippen LogP contribution in [0.25, 0.3) is 0 Å². The molecule has 0 aromatic rings. The van der Waals surface area contributed by atoms with Gasteiger partial charge in [-0.05, 0) is 6.42 Å². The number of nitrogens with one attached hydrogen (secondary N) is 1. The molecule has 3 aliphatic rings. The molecule has 0 radical (unpaired) electrons. The first-order valence-corrected chi connectivity index (χ1v) is 19.2. The van der Waals surface area contributed by atoms with Crippen LogP contribution in [0.3, 0.4) is 0 Å². The number of carboxylic acid groups (broad SMARTS) is 1. The van der Waals surface area contributed by atoms with Gasteiger partial charge in [-0.2, -0.15) is 0 Å². The lowest BCUT2D eigenvalue weighted by molar-refractivity contribution is -0.386. The minimum atomic E-state index is -3.01. The molecule has 1 amide bonds. The lowest BCUT2D eigenvalue weighted by Gasteiger charge is -2.50. The summed E-state index contributed by atoms with van der Waals surface area (Å²) < 4.78 is 33.9. The van der Waals surface area contributed by atoms with Crippen LogP contribution < -0.4 is 5.32 Å². The molecule has 0 aliphatic carbocycles. The molecule has 16 atom stereocenters. The van der Waals surface area contributed by atoms with Crippen molar-refractivity contribution in [2.45, 2.75) is 182 Å². The van der Waals surface area contributed by atoms with Gasteiger partial charge in [0.2, 0.25) is 5.91 Å². The molecule has 322 valence electrons. The van der Waals surface area contributed by atoms with Gasteiger partial charge in [0, 0.05) is 20.0 Å². The predicted molar refractivity (Wildman–Crippen MR) is 186 cm³/mol. The summed E-state index contributed by atoms with van der Waals surface area (Å²) in [6, 6.07) is -1.53. The Morgan fingerprint density at radius 1 is 0.782 bits per heavy atom. The van der Waals surface area contributed by atoms with Crippen molar-refractivity contribution in [2.75, 3.05) is 26.4 Å². The zero-order valence-electron chi connectivity index (χ0n) is 31.5. The van der Waals surface area contributed by atoms with Crippen molar-refractivity contribution in [3.63, 3.8) is 0 Å². The van der Waals surface area contributed by atoms with Crippen molar-refractivity contribution in [2.24, 2.45) is 0 Å². The molecule has 0 saturated carbocycles. The summed E-state index contributed by atoms with van der Waals surface area (Å²) in [5.74, 6) is -5.70. The largest absolute Gasteiger partial charge is 0.477 e. The van der Waals surface area contributed by atoms with Crippen LogP contribution in [0.5, 0.6) is 0 Å². The molecule has 12 N–H and O–H groups in total. The molecule has 3 saturated heterocycles. The number of rotatable bonds is 23. The number of ether oxygens (including phenoxy) is 6. The van der Waals surface area contributed by atoms with E-state index < -0.39 is 136 Å². The van der Waals surface area contributed by atoms with Crippen molar-refractivity contribution < 1.29 is 94.2 Å². The summed E-state index contributed by atoms with van der Waals surface area (Å²) in [6.45, 7) is 0.672. The molecular formula is C35H63NO19. The molecule has 0 unspecified atom stereocenters. The third-order valence-corrected chi connectivity index (χ3v) is 10.2. The van der Waals surface area contributed by atoms with Gasteiger partial charge in [-0.3, -0.25) is 4.79 Å². The van der Waals surface area contributed by atoms with Crippen LogP contribution in [-0.2, 0) is 38.0 Å². The van der Waals surface area contributed by atoms with E-state index in [1.165, 1.54) is 32.1 Å². The van der Waals surface area contributed by atoms with Crippen LogP contribution >= 0.6 is 0 Å². The van der Waals surface area contributed by atoms with Gasteiger partial charge in [0.25, 0.3) is 5.79 Å². The zero-order valence-corrected chi connectivity index (χ0v) is 31.5. The number of aliphatic hydroxyl groups excluding tert-OH is 10. The van der Waals surface area contributed by atoms with Gasteiger partial charge in [-0.1, -0.05) is 64.7 Å². The van der Waals surface area contributed by atoms with Crippen LogP contribution in [0, 0.1) is 0 Å². The first-order valence-electron chi connectivity index (χ1n) is 19.2. The fourth-order valence-corrected chi connectivity index (χ4v) is 7.08. The third-order valence-electron chi connectivity index (χ3n) is 10.2. The minimum absolute atomic E-state index is 0.193. The Kier molecular flexibility index (Phi) is 20.0. The summed E-state index contributed by atoms with van der Waals surface area (Å²) in [5, 5.41) is 118. The van der Waals surface area contributed by atoms with Crippen molar-refractivity contribution in [1.29, 1.82) is 0 Å². The molecule has 20 heteroatoms. The minimum Gasteiger partial charge on any atom is -0.477 e. The van der Waals surface area contributed by atoms with Gasteiger partial charge in [0.1, 0.15) is 67.1 Å². The number of amides is 1. The maximum absolute atomic E-state index is 12.7. The molecule has 3 heterocycles. The van der Waals surface area contributed by atoms with Gasteiger partial charge in [-0.25, -0.2) is 4.79 Å². The summed E-state index contributed by atoms with van der Waals surface area (Å²) in [4.78, 5) is 24.6. The van der Waals surface area contributed by atoms with Crippen molar-refractivity contribution in [1.82, 2.24) is 5.32 Å². The topological polar surface area (TPSA) is 324 Å². The Morgan fingerprint density at radius 3 is 1.91 bits per heavy atom. The number of carbonyl (C=O) groups is 2. The van der Waals surface area contributed by atoms with Crippen molar-refractivity contribution in [3.8, 4) is 0 Å². The summed E-state index contributed by atoms with van der Waals surface area (Å²) in [7, 11) is 0. The molecule has 20 nitrogen and oxygen atoms in total. The Labute approximate surface area is 319 Å². The second-order valence-electron chi connectivity index (χ2n) is 14.5. The highest BCUT2D eigenvalue weighted by Crippen LogP contribution is 2.38. The fourth-order valence-electron chi connectivity index (χ4n) is 7.08. The Hall–Kier alpha value is -1.70. The van der Waals surface area contributed by atoms with E-state index in [4.69, 9.17) is 28.4 Å². The number of carboxylic acids is 1. The normalized spacial score (nSPS) is 38.0. The standard InChI is InChI=1S/C35H63NO19/c1-3-4-5-6-7-8-9-10-11-12-13-50-32-27(46)26(45)29(22(17-39)52-32)53-33-28(47)31(25(44)21(16-38)51-33)55-35(34(48)49)14-19(41)23(36-18(2)40)30(54-35)24(43)20(42)15-37/h19-33,37-39,41-47H,3-17H2,1-2H3,(H,36,40)(H,48,49)/t19-,20+,21+,22+,23+,24-,25-,26+,27+,28+,29+,30+,31-,32-,33-,35-/m0/s1. The number of aliphatic carboxylic acids is 1. The smallest absolute Gasteiger partial charge is 0.364 e. The first-order chi connectivity index (χ1) is 26.2. The SMILES string of the molecule is CCCCCCCCCCCCO[C@H]1O[C@H](CO)[C@@H](O[C@@H]2O[C@H](CO)[C@H](O)[C@H](O[C@]3(C(=O)O)C[C@H](O)[C@@H](NC(C)=O)[C@H]([C@@H](O)[C@H](O)CO)O3)[C@H]2O)[C@H](O)[C@H]1O. The highest BCUT2D eigenvalue weighted by molar-refractivity contribution is 5.76. The zero-order chi connectivity index (χ0) is 40.9. The number of carbonyl (C=O) groups excluding carboxylic acids is 1. The van der Waals surface area contributed by atoms with Crippen LogP contribution in [0.15, 0.2) is 0 Å². The van der Waals surface area contributed by atoms with E-state index in [0.717, 1.165) is 32.6 Å². The average molecular weight is 802 g/mol. The maximum Gasteiger partial charge on any atom is 0.364 e. The quantitative estimate of drug-likeness (QED) is 0.0451. The Bertz CT molecular complexity index is 1140. The number of unbranched alkanes of at least 4 members (excludes halogenated alkanes) is 9. The first kappa shape index (κ1) is 47.7. The third kappa shape index (κ3) is 12.6. The predicted octanol–water partition coefficient (Wildman–Crippen LogP) is -3.28. The molecule has 55 heavy (non-hydrogen) atoms. The van der Waals surface area contributed by atoms with E-state index in [9.17, 15) is 65.8 Å². The average Bonchev–Trinajstić information content (AvgIpc) is 3.15. The summed E-state index contributed by atoms with van der Waals surface area (Å²) >= 11 is 0. The van der Waals surface area contributed by atoms with Crippen LogP contribution in [0.1, 0.15) is 84.5 Å². The number of hydrogen-bond donors (Lipinski definition) is 12. The molecule has 3 fully saturated rings. The van der Waals surface area contributed by atoms with E-state index >= 15 is 0 Å². The van der Waals surface area contributed by atoms with E-state index in [0.29, 0.717) is 6.42 Å². The molecule has 0 aromatic heterocycles. The molecule has 3 rings (SSSR count). The highest BCUT2D eigenvalue weighted by atomic mass is 16.8. The second-order valence-corrected chi connectivity index (χ2v) is 14.5. The van der Waals surface area contributed by atoms with E-state index in [2.05, 4.69) is 12.2 Å². The summed E-state index contributed by atoms with van der Waals surface area (Å²) in [6.07, 6.45) is -15.6. The van der Waals surface area contributed by atoms with Crippen LogP contribution in [0.4, 0.5) is 0 Å². The molecule has 0 aromatic carbocycles. The lowest BCUT2D eigenvalue weighted by atomic mass is 9.88. The summed E-state index contributed by atoms with van der Waals surface area (Å²) in [5.41, 5.74) is 0. The maximum atomic E-state index is 12.7. The second kappa shape index (κ2) is 23.0. The lowest BCUT2D eigenvalue weighted by Crippen LogP contribution is -2.70. The fraction of sp³-hybridized carbons (Fsp3) is 0.943. The Morgan fingerprint density at radius 2 is 1.36 bits per heavy atom. The van der Waals surface area contributed by atoms with Gasteiger partial charge in [0.15, 0.2) is 12.6 Å². The van der Waals surface area contributed by atoms with E-state index in [1.807, 2.05) is 0 Å². The van der Waals surface area contributed by atoms with Crippen molar-refractivity contribution >= 4 is 11.9 Å². The Balaban J connectivity index is 1.70. The van der Waals surface area contributed by atoms with Gasteiger partial charge in [0.05, 0.1) is 32.0 Å². The van der Waals surface area contributed by atoms with Gasteiger partial charge < -0.3 is 89.9 Å². The monoisotopic (exact) mass is 801 g/mol. The van der Waals surface area contributed by atoms with Crippen molar-refractivity contribution in [3.05, 3.63) is 0 Å². The number of hydrogen-bond acceptors (Lipinski definition) is 18. The molecular weight excluding hydrogens is 738 g/mol. The van der Waals surface area contributed by atoms with Crippen LogP contribution in [-0.4, -0.2) is 192 Å². The molecule has 0 bridgehead atoms. The van der Waals surface area contributed by atoms with Crippen LogP contribution in [0.2, 0.25) is 0 Å². The highest BCUT2D eigenvalue weighted by Gasteiger charge is 2.60. The van der Waals surface area contributed by atoms with E-state index in [-0.39, 0.29) is 6.61 Å². The van der Waals surface area contributed by atoms with Gasteiger partial charge in [-0.15, -0.1) is 0 Å². The number of aliphatic hydroxyl groups is 10. The van der Waals surface area contributed by atoms with E-state index in [1.54, 1.807) is 0 Å². The molecule has 0 spiro atoms. The molecule has 3 aliphatic heterocycles. The van der Waals surface area contributed by atoms with Gasteiger partial charge >= 0.3 is 5.97 Å².